The summed E-state index contributed by atoms with van der Waals surface area (Å²) in [7, 11) is 0. The Balaban J connectivity index is 2.92. The van der Waals surface area contributed by atoms with Crippen molar-refractivity contribution < 1.29 is 9.53 Å². The summed E-state index contributed by atoms with van der Waals surface area (Å²) in [5, 5.41) is 1.08. The first-order valence-corrected chi connectivity index (χ1v) is 7.99. The van der Waals surface area contributed by atoms with Crippen molar-refractivity contribution in [2.75, 3.05) is 13.1 Å². The quantitative estimate of drug-likeness (QED) is 0.863. The Labute approximate surface area is 142 Å². The molecule has 124 valence electrons. The Morgan fingerprint density at radius 2 is 1.82 bits per heavy atom. The molecule has 0 radical (unpaired) electrons. The summed E-state index contributed by atoms with van der Waals surface area (Å²) in [5.41, 5.74) is 5.97. The van der Waals surface area contributed by atoms with E-state index in [2.05, 4.69) is 0 Å². The third kappa shape index (κ3) is 6.86. The van der Waals surface area contributed by atoms with Crippen LogP contribution in [-0.2, 0) is 11.3 Å². The fourth-order valence-corrected chi connectivity index (χ4v) is 2.47. The summed E-state index contributed by atoms with van der Waals surface area (Å²) in [6.07, 6.45) is -0.371. The van der Waals surface area contributed by atoms with E-state index in [0.717, 1.165) is 5.56 Å². The molecule has 0 bridgehead atoms. The van der Waals surface area contributed by atoms with Crippen LogP contribution in [-0.4, -0.2) is 29.7 Å². The van der Waals surface area contributed by atoms with Gasteiger partial charge in [-0.3, -0.25) is 0 Å². The van der Waals surface area contributed by atoms with E-state index in [9.17, 15) is 4.79 Å². The Bertz CT molecular complexity index is 495. The molecular formula is C16H24Cl2N2O2. The van der Waals surface area contributed by atoms with E-state index in [0.29, 0.717) is 29.7 Å². The van der Waals surface area contributed by atoms with Crippen molar-refractivity contribution in [3.05, 3.63) is 33.8 Å². The molecule has 4 nitrogen and oxygen atoms in total. The van der Waals surface area contributed by atoms with Gasteiger partial charge < -0.3 is 15.4 Å². The number of halogens is 2. The molecule has 0 spiro atoms. The Kier molecular flexibility index (Phi) is 6.98. The van der Waals surface area contributed by atoms with E-state index in [4.69, 9.17) is 33.7 Å². The Morgan fingerprint density at radius 1 is 1.27 bits per heavy atom. The van der Waals surface area contributed by atoms with Gasteiger partial charge >= 0.3 is 6.09 Å². The highest BCUT2D eigenvalue weighted by atomic mass is 35.5. The molecule has 2 N–H and O–H groups in total. The standard InChI is InChI=1S/C16H24Cl2N2O2/c1-11(8-19)9-20(15(21)22-16(2,3)4)10-12-5-13(17)7-14(18)6-12/h5-7,11H,8-10,19H2,1-4H3. The number of ether oxygens (including phenoxy) is 1. The van der Waals surface area contributed by atoms with E-state index in [-0.39, 0.29) is 12.0 Å². The fraction of sp³-hybridized carbons (Fsp3) is 0.562. The van der Waals surface area contributed by atoms with Crippen LogP contribution < -0.4 is 5.73 Å². The lowest BCUT2D eigenvalue weighted by atomic mass is 10.1. The molecule has 0 fully saturated rings. The van der Waals surface area contributed by atoms with Crippen LogP contribution in [0.15, 0.2) is 18.2 Å². The zero-order chi connectivity index (χ0) is 16.9. The minimum atomic E-state index is -0.548. The summed E-state index contributed by atoms with van der Waals surface area (Å²) in [5.74, 6) is 0.169. The van der Waals surface area contributed by atoms with Crippen molar-refractivity contribution in [1.29, 1.82) is 0 Å². The van der Waals surface area contributed by atoms with Crippen molar-refractivity contribution in [2.45, 2.75) is 39.8 Å². The topological polar surface area (TPSA) is 55.6 Å². The van der Waals surface area contributed by atoms with E-state index in [1.807, 2.05) is 27.7 Å². The zero-order valence-electron chi connectivity index (χ0n) is 13.5. The molecule has 1 rings (SSSR count). The molecule has 1 aromatic rings. The van der Waals surface area contributed by atoms with Crippen LogP contribution in [0.2, 0.25) is 10.0 Å². The average molecular weight is 347 g/mol. The molecule has 1 atom stereocenters. The molecule has 0 heterocycles. The molecule has 1 unspecified atom stereocenters. The second-order valence-electron chi connectivity index (χ2n) is 6.48. The lowest BCUT2D eigenvalue weighted by molar-refractivity contribution is 0.0209. The molecule has 0 aromatic heterocycles. The summed E-state index contributed by atoms with van der Waals surface area (Å²) < 4.78 is 5.46. The van der Waals surface area contributed by atoms with Crippen LogP contribution in [0, 0.1) is 5.92 Å². The normalized spacial score (nSPS) is 12.9. The fourth-order valence-electron chi connectivity index (χ4n) is 1.90. The van der Waals surface area contributed by atoms with E-state index >= 15 is 0 Å². The van der Waals surface area contributed by atoms with Crippen LogP contribution in [0.4, 0.5) is 4.79 Å². The number of nitrogens with zero attached hydrogens (tertiary/aromatic N) is 1. The van der Waals surface area contributed by atoms with E-state index in [1.54, 1.807) is 23.1 Å². The predicted octanol–water partition coefficient (Wildman–Crippen LogP) is 4.33. The molecule has 0 saturated carbocycles. The first-order chi connectivity index (χ1) is 10.1. The van der Waals surface area contributed by atoms with Gasteiger partial charge in [-0.1, -0.05) is 30.1 Å². The highest BCUT2D eigenvalue weighted by Crippen LogP contribution is 2.21. The SMILES string of the molecule is CC(CN)CN(Cc1cc(Cl)cc(Cl)c1)C(=O)OC(C)(C)C. The lowest BCUT2D eigenvalue weighted by Crippen LogP contribution is -2.40. The van der Waals surface area contributed by atoms with Gasteiger partial charge in [-0.05, 0) is 57.0 Å². The van der Waals surface area contributed by atoms with Crippen molar-refractivity contribution >= 4 is 29.3 Å². The molecule has 0 aliphatic heterocycles. The number of hydrogen-bond acceptors (Lipinski definition) is 3. The lowest BCUT2D eigenvalue weighted by Gasteiger charge is -2.29. The maximum atomic E-state index is 12.4. The van der Waals surface area contributed by atoms with Gasteiger partial charge in [0.1, 0.15) is 5.60 Å². The summed E-state index contributed by atoms with van der Waals surface area (Å²) in [6.45, 7) is 8.88. The zero-order valence-corrected chi connectivity index (χ0v) is 15.0. The van der Waals surface area contributed by atoms with Gasteiger partial charge in [-0.15, -0.1) is 0 Å². The Hall–Kier alpha value is -0.970. The second kappa shape index (κ2) is 8.04. The van der Waals surface area contributed by atoms with Crippen LogP contribution in [0.5, 0.6) is 0 Å². The molecule has 0 aliphatic rings. The third-order valence-corrected chi connectivity index (χ3v) is 3.32. The number of amides is 1. The molecule has 0 aliphatic carbocycles. The van der Waals surface area contributed by atoms with Gasteiger partial charge in [0.25, 0.3) is 0 Å². The molecular weight excluding hydrogens is 323 g/mol. The summed E-state index contributed by atoms with van der Waals surface area (Å²) in [4.78, 5) is 14.0. The highest BCUT2D eigenvalue weighted by molar-refractivity contribution is 6.34. The molecule has 1 amide bonds. The minimum absolute atomic E-state index is 0.169. The van der Waals surface area contributed by atoms with Gasteiger partial charge in [0.15, 0.2) is 0 Å². The van der Waals surface area contributed by atoms with Gasteiger partial charge in [0, 0.05) is 23.1 Å². The van der Waals surface area contributed by atoms with E-state index < -0.39 is 5.60 Å². The van der Waals surface area contributed by atoms with Gasteiger partial charge in [0.2, 0.25) is 0 Å². The maximum Gasteiger partial charge on any atom is 0.410 e. The molecule has 1 aromatic carbocycles. The minimum Gasteiger partial charge on any atom is -0.444 e. The largest absolute Gasteiger partial charge is 0.444 e. The third-order valence-electron chi connectivity index (χ3n) is 2.88. The second-order valence-corrected chi connectivity index (χ2v) is 7.35. The number of nitrogens with two attached hydrogens (primary N) is 1. The number of carbonyl (C=O) groups is 1. The predicted molar refractivity (Wildman–Crippen MR) is 91.3 cm³/mol. The maximum absolute atomic E-state index is 12.4. The average Bonchev–Trinajstić information content (AvgIpc) is 2.34. The molecule has 22 heavy (non-hydrogen) atoms. The number of benzene rings is 1. The number of hydrogen-bond donors (Lipinski definition) is 1. The summed E-state index contributed by atoms with van der Waals surface area (Å²) in [6, 6.07) is 5.24. The van der Waals surface area contributed by atoms with Crippen molar-refractivity contribution in [3.63, 3.8) is 0 Å². The monoisotopic (exact) mass is 346 g/mol. The first-order valence-electron chi connectivity index (χ1n) is 7.23. The molecule has 0 saturated heterocycles. The van der Waals surface area contributed by atoms with Crippen molar-refractivity contribution in [1.82, 2.24) is 4.90 Å². The highest BCUT2D eigenvalue weighted by Gasteiger charge is 2.23. The van der Waals surface area contributed by atoms with Crippen LogP contribution in [0.25, 0.3) is 0 Å². The van der Waals surface area contributed by atoms with Gasteiger partial charge in [-0.25, -0.2) is 4.79 Å². The van der Waals surface area contributed by atoms with Crippen molar-refractivity contribution in [3.8, 4) is 0 Å². The van der Waals surface area contributed by atoms with Crippen molar-refractivity contribution in [2.24, 2.45) is 11.7 Å². The molecule has 6 heteroatoms. The Morgan fingerprint density at radius 3 is 2.27 bits per heavy atom. The first kappa shape index (κ1) is 19.1. The van der Waals surface area contributed by atoms with Crippen LogP contribution in [0.3, 0.4) is 0 Å². The number of carbonyl (C=O) groups excluding carboxylic acids is 1. The van der Waals surface area contributed by atoms with Crippen LogP contribution >= 0.6 is 23.2 Å². The van der Waals surface area contributed by atoms with Gasteiger partial charge in [0.05, 0.1) is 0 Å². The summed E-state index contributed by atoms with van der Waals surface area (Å²) >= 11 is 12.0. The number of rotatable bonds is 5. The van der Waals surface area contributed by atoms with E-state index in [1.165, 1.54) is 0 Å². The van der Waals surface area contributed by atoms with Gasteiger partial charge in [-0.2, -0.15) is 0 Å². The smallest absolute Gasteiger partial charge is 0.410 e. The van der Waals surface area contributed by atoms with Crippen LogP contribution in [0.1, 0.15) is 33.3 Å².